The van der Waals surface area contributed by atoms with Crippen molar-refractivity contribution in [2.45, 2.75) is 25.3 Å². The first-order chi connectivity index (χ1) is 9.08. The van der Waals surface area contributed by atoms with E-state index in [-0.39, 0.29) is 5.91 Å². The molecule has 2 rings (SSSR count). The Morgan fingerprint density at radius 3 is 2.89 bits per heavy atom. The Balaban J connectivity index is 2.13. The first kappa shape index (κ1) is 14.8. The molecule has 0 spiro atoms. The molecule has 104 valence electrons. The van der Waals surface area contributed by atoms with Gasteiger partial charge in [-0.05, 0) is 50.6 Å². The Kier molecular flexibility index (Phi) is 5.25. The normalized spacial score (nSPS) is 19.8. The van der Waals surface area contributed by atoms with Gasteiger partial charge in [-0.2, -0.15) is 0 Å². The Hall–Kier alpha value is -0.580. The van der Waals surface area contributed by atoms with Crippen LogP contribution >= 0.6 is 27.5 Å². The van der Waals surface area contributed by atoms with Gasteiger partial charge in [0.05, 0.1) is 0 Å². The van der Waals surface area contributed by atoms with Gasteiger partial charge in [-0.25, -0.2) is 0 Å². The van der Waals surface area contributed by atoms with E-state index < -0.39 is 0 Å². The molecule has 1 aromatic carbocycles. The standard InChI is InChI=1S/C14H18BrClN2O/c1-18(13-3-2-5-17-6-4-13)14(19)10-7-11(15)9-12(16)8-10/h7-9,13,17H,2-6H2,1H3. The van der Waals surface area contributed by atoms with Crippen LogP contribution in [0.5, 0.6) is 0 Å². The van der Waals surface area contributed by atoms with Crippen LogP contribution in [0.25, 0.3) is 0 Å². The monoisotopic (exact) mass is 344 g/mol. The van der Waals surface area contributed by atoms with Crippen LogP contribution in [-0.4, -0.2) is 37.0 Å². The van der Waals surface area contributed by atoms with Crippen molar-refractivity contribution in [1.82, 2.24) is 10.2 Å². The number of carbonyl (C=O) groups is 1. The van der Waals surface area contributed by atoms with Gasteiger partial charge in [-0.3, -0.25) is 4.79 Å². The fourth-order valence-corrected chi connectivity index (χ4v) is 3.29. The third kappa shape index (κ3) is 3.94. The van der Waals surface area contributed by atoms with Crippen LogP contribution in [0.2, 0.25) is 5.02 Å². The number of hydrogen-bond acceptors (Lipinski definition) is 2. The second-order valence-corrected chi connectivity index (χ2v) is 6.26. The fraction of sp³-hybridized carbons (Fsp3) is 0.500. The van der Waals surface area contributed by atoms with Crippen molar-refractivity contribution in [3.63, 3.8) is 0 Å². The lowest BCUT2D eigenvalue weighted by Gasteiger charge is -2.27. The van der Waals surface area contributed by atoms with Crippen molar-refractivity contribution < 1.29 is 4.79 Å². The number of nitrogens with one attached hydrogen (secondary N) is 1. The largest absolute Gasteiger partial charge is 0.339 e. The zero-order valence-corrected chi connectivity index (χ0v) is 13.3. The molecule has 1 unspecified atom stereocenters. The van der Waals surface area contributed by atoms with E-state index in [1.165, 1.54) is 0 Å². The summed E-state index contributed by atoms with van der Waals surface area (Å²) in [5.41, 5.74) is 0.638. The highest BCUT2D eigenvalue weighted by atomic mass is 79.9. The molecule has 0 saturated carbocycles. The maximum atomic E-state index is 12.5. The van der Waals surface area contributed by atoms with Gasteiger partial charge < -0.3 is 10.2 Å². The van der Waals surface area contributed by atoms with E-state index in [4.69, 9.17) is 11.6 Å². The van der Waals surface area contributed by atoms with Gasteiger partial charge in [0.25, 0.3) is 5.91 Å². The van der Waals surface area contributed by atoms with Crippen LogP contribution in [0.15, 0.2) is 22.7 Å². The van der Waals surface area contributed by atoms with E-state index in [1.54, 1.807) is 12.1 Å². The summed E-state index contributed by atoms with van der Waals surface area (Å²) in [6, 6.07) is 5.63. The van der Waals surface area contributed by atoms with Crippen molar-refractivity contribution in [1.29, 1.82) is 0 Å². The molecule has 19 heavy (non-hydrogen) atoms. The summed E-state index contributed by atoms with van der Waals surface area (Å²) in [5, 5.41) is 3.94. The summed E-state index contributed by atoms with van der Waals surface area (Å²) in [4.78, 5) is 14.3. The van der Waals surface area contributed by atoms with Crippen molar-refractivity contribution in [3.05, 3.63) is 33.3 Å². The third-order valence-corrected chi connectivity index (χ3v) is 4.20. The SMILES string of the molecule is CN(C(=O)c1cc(Cl)cc(Br)c1)C1CCCNCC1. The van der Waals surface area contributed by atoms with E-state index in [2.05, 4.69) is 21.2 Å². The number of rotatable bonds is 2. The molecule has 1 heterocycles. The molecule has 5 heteroatoms. The summed E-state index contributed by atoms with van der Waals surface area (Å²) >= 11 is 9.37. The molecular weight excluding hydrogens is 328 g/mol. The Morgan fingerprint density at radius 1 is 1.37 bits per heavy atom. The molecule has 0 bridgehead atoms. The lowest BCUT2D eigenvalue weighted by atomic mass is 10.1. The predicted octanol–water partition coefficient (Wildman–Crippen LogP) is 3.32. The van der Waals surface area contributed by atoms with E-state index in [1.807, 2.05) is 18.0 Å². The van der Waals surface area contributed by atoms with Gasteiger partial charge in [0.15, 0.2) is 0 Å². The van der Waals surface area contributed by atoms with Crippen LogP contribution in [0.3, 0.4) is 0 Å². The van der Waals surface area contributed by atoms with Crippen molar-refractivity contribution in [3.8, 4) is 0 Å². The number of hydrogen-bond donors (Lipinski definition) is 1. The van der Waals surface area contributed by atoms with E-state index in [9.17, 15) is 4.79 Å². The second kappa shape index (κ2) is 6.73. The first-order valence-electron chi connectivity index (χ1n) is 6.52. The van der Waals surface area contributed by atoms with Gasteiger partial charge in [-0.1, -0.05) is 27.5 Å². The van der Waals surface area contributed by atoms with Gasteiger partial charge in [0.1, 0.15) is 0 Å². The van der Waals surface area contributed by atoms with Crippen molar-refractivity contribution in [2.24, 2.45) is 0 Å². The summed E-state index contributed by atoms with van der Waals surface area (Å²) < 4.78 is 0.833. The summed E-state index contributed by atoms with van der Waals surface area (Å²) in [6.07, 6.45) is 3.17. The minimum Gasteiger partial charge on any atom is -0.339 e. The molecule has 0 aromatic heterocycles. The molecule has 1 saturated heterocycles. The van der Waals surface area contributed by atoms with Gasteiger partial charge >= 0.3 is 0 Å². The highest BCUT2D eigenvalue weighted by Crippen LogP contribution is 2.22. The summed E-state index contributed by atoms with van der Waals surface area (Å²) in [7, 11) is 1.88. The molecule has 1 N–H and O–H groups in total. The van der Waals surface area contributed by atoms with Crippen LogP contribution in [-0.2, 0) is 0 Å². The first-order valence-corrected chi connectivity index (χ1v) is 7.69. The minimum absolute atomic E-state index is 0.0371. The smallest absolute Gasteiger partial charge is 0.253 e. The average molecular weight is 346 g/mol. The number of benzene rings is 1. The van der Waals surface area contributed by atoms with Crippen LogP contribution < -0.4 is 5.32 Å². The van der Waals surface area contributed by atoms with Crippen molar-refractivity contribution in [2.75, 3.05) is 20.1 Å². The molecule has 1 atom stereocenters. The topological polar surface area (TPSA) is 32.3 Å². The van der Waals surface area contributed by atoms with Crippen LogP contribution in [0.4, 0.5) is 0 Å². The molecule has 3 nitrogen and oxygen atoms in total. The quantitative estimate of drug-likeness (QED) is 0.892. The molecule has 1 amide bonds. The average Bonchev–Trinajstić information content (AvgIpc) is 2.64. The molecule has 1 fully saturated rings. The zero-order valence-electron chi connectivity index (χ0n) is 11.0. The van der Waals surface area contributed by atoms with Crippen molar-refractivity contribution >= 4 is 33.4 Å². The Bertz CT molecular complexity index is 439. The summed E-state index contributed by atoms with van der Waals surface area (Å²) in [6.45, 7) is 2.02. The van der Waals surface area contributed by atoms with Crippen LogP contribution in [0.1, 0.15) is 29.6 Å². The summed E-state index contributed by atoms with van der Waals surface area (Å²) in [5.74, 6) is 0.0371. The molecular formula is C14H18BrClN2O. The van der Waals surface area contributed by atoms with Gasteiger partial charge in [0, 0.05) is 28.1 Å². The molecule has 1 aromatic rings. The Morgan fingerprint density at radius 2 is 2.16 bits per heavy atom. The highest BCUT2D eigenvalue weighted by Gasteiger charge is 2.22. The number of amides is 1. The lowest BCUT2D eigenvalue weighted by molar-refractivity contribution is 0.0720. The Labute approximate surface area is 127 Å². The highest BCUT2D eigenvalue weighted by molar-refractivity contribution is 9.10. The zero-order chi connectivity index (χ0) is 13.8. The number of carbonyl (C=O) groups excluding carboxylic acids is 1. The number of halogens is 2. The van der Waals surface area contributed by atoms with E-state index >= 15 is 0 Å². The molecule has 0 aliphatic carbocycles. The van der Waals surface area contributed by atoms with E-state index in [0.717, 1.165) is 36.8 Å². The maximum Gasteiger partial charge on any atom is 0.253 e. The van der Waals surface area contributed by atoms with E-state index in [0.29, 0.717) is 16.6 Å². The third-order valence-electron chi connectivity index (χ3n) is 3.52. The molecule has 1 aliphatic heterocycles. The molecule has 1 aliphatic rings. The molecule has 0 radical (unpaired) electrons. The van der Waals surface area contributed by atoms with Crippen LogP contribution in [0, 0.1) is 0 Å². The van der Waals surface area contributed by atoms with Gasteiger partial charge in [0.2, 0.25) is 0 Å². The lowest BCUT2D eigenvalue weighted by Crippen LogP contribution is -2.37. The maximum absolute atomic E-state index is 12.5. The second-order valence-electron chi connectivity index (χ2n) is 4.91. The minimum atomic E-state index is 0.0371. The van der Waals surface area contributed by atoms with Gasteiger partial charge in [-0.15, -0.1) is 0 Å². The number of nitrogens with zero attached hydrogens (tertiary/aromatic N) is 1. The predicted molar refractivity (Wildman–Crippen MR) is 81.8 cm³/mol. The fourth-order valence-electron chi connectivity index (χ4n) is 2.43.